The standard InChI is InChI=1S/C11H16Br2N2O3S/c1-6(2)10(5-16)15-19(17,18)11-8(12)3-7(14)4-9(11)13/h3-4,6,10,15-16H,5,14H2,1-2H3/t10-/m1/s1. The number of hydrogen-bond acceptors (Lipinski definition) is 4. The lowest BCUT2D eigenvalue weighted by atomic mass is 10.1. The van der Waals surface area contributed by atoms with E-state index in [0.29, 0.717) is 14.6 Å². The molecule has 0 bridgehead atoms. The summed E-state index contributed by atoms with van der Waals surface area (Å²) in [6.45, 7) is 3.40. The Bertz CT molecular complexity index is 538. The average Bonchev–Trinajstić information content (AvgIpc) is 2.23. The highest BCUT2D eigenvalue weighted by atomic mass is 79.9. The van der Waals surface area contributed by atoms with Crippen molar-refractivity contribution < 1.29 is 13.5 Å². The maximum absolute atomic E-state index is 12.3. The zero-order valence-electron chi connectivity index (χ0n) is 10.5. The predicted octanol–water partition coefficient (Wildman–Crippen LogP) is 2.09. The van der Waals surface area contributed by atoms with Crippen molar-refractivity contribution in [2.24, 2.45) is 5.92 Å². The molecule has 1 aromatic rings. The summed E-state index contributed by atoms with van der Waals surface area (Å²) in [7, 11) is -3.75. The number of nitrogens with one attached hydrogen (secondary N) is 1. The van der Waals surface area contributed by atoms with E-state index in [2.05, 4.69) is 36.6 Å². The topological polar surface area (TPSA) is 92.4 Å². The van der Waals surface area contributed by atoms with Crippen LogP contribution >= 0.6 is 31.9 Å². The number of nitrogen functional groups attached to an aromatic ring is 1. The first-order valence-electron chi connectivity index (χ1n) is 5.56. The Morgan fingerprint density at radius 3 is 2.16 bits per heavy atom. The van der Waals surface area contributed by atoms with Gasteiger partial charge in [-0.05, 0) is 49.9 Å². The second-order valence-electron chi connectivity index (χ2n) is 4.47. The van der Waals surface area contributed by atoms with Crippen LogP contribution in [0, 0.1) is 5.92 Å². The largest absolute Gasteiger partial charge is 0.399 e. The van der Waals surface area contributed by atoms with Crippen LogP contribution in [0.4, 0.5) is 5.69 Å². The van der Waals surface area contributed by atoms with Crippen molar-refractivity contribution in [2.75, 3.05) is 12.3 Å². The number of hydrogen-bond donors (Lipinski definition) is 3. The van der Waals surface area contributed by atoms with Gasteiger partial charge in [0.1, 0.15) is 4.90 Å². The third kappa shape index (κ3) is 4.16. The van der Waals surface area contributed by atoms with Gasteiger partial charge in [-0.2, -0.15) is 0 Å². The molecule has 0 aliphatic carbocycles. The van der Waals surface area contributed by atoms with Crippen molar-refractivity contribution in [3.05, 3.63) is 21.1 Å². The van der Waals surface area contributed by atoms with Crippen molar-refractivity contribution in [1.29, 1.82) is 0 Å². The smallest absolute Gasteiger partial charge is 0.243 e. The fraction of sp³-hybridized carbons (Fsp3) is 0.455. The third-order valence-electron chi connectivity index (χ3n) is 2.60. The van der Waals surface area contributed by atoms with Gasteiger partial charge in [0.05, 0.1) is 6.61 Å². The van der Waals surface area contributed by atoms with Crippen molar-refractivity contribution >= 4 is 47.6 Å². The van der Waals surface area contributed by atoms with Crippen LogP contribution in [0.2, 0.25) is 0 Å². The van der Waals surface area contributed by atoms with Crippen LogP contribution in [0.3, 0.4) is 0 Å². The molecule has 0 fully saturated rings. The molecule has 0 spiro atoms. The maximum atomic E-state index is 12.3. The van der Waals surface area contributed by atoms with Crippen LogP contribution in [0.5, 0.6) is 0 Å². The summed E-state index contributed by atoms with van der Waals surface area (Å²) in [6, 6.07) is 2.49. The molecular weight excluding hydrogens is 400 g/mol. The summed E-state index contributed by atoms with van der Waals surface area (Å²) in [6.07, 6.45) is 0. The summed E-state index contributed by atoms with van der Waals surface area (Å²) in [5, 5.41) is 9.22. The molecule has 1 rings (SSSR count). The second kappa shape index (κ2) is 6.53. The number of sulfonamides is 1. The van der Waals surface area contributed by atoms with E-state index in [1.807, 2.05) is 13.8 Å². The number of anilines is 1. The van der Waals surface area contributed by atoms with Crippen LogP contribution in [-0.2, 0) is 10.0 Å². The normalized spacial score (nSPS) is 13.8. The zero-order chi connectivity index (χ0) is 14.8. The Labute approximate surface area is 129 Å². The SMILES string of the molecule is CC(C)[C@@H](CO)NS(=O)(=O)c1c(Br)cc(N)cc1Br. The minimum absolute atomic E-state index is 0.0221. The first-order valence-corrected chi connectivity index (χ1v) is 8.63. The Balaban J connectivity index is 3.21. The van der Waals surface area contributed by atoms with Crippen LogP contribution in [0.1, 0.15) is 13.8 Å². The van der Waals surface area contributed by atoms with Crippen LogP contribution in [0.25, 0.3) is 0 Å². The molecule has 1 aromatic carbocycles. The number of nitrogens with two attached hydrogens (primary N) is 1. The van der Waals surface area contributed by atoms with E-state index < -0.39 is 16.1 Å². The quantitative estimate of drug-likeness (QED) is 0.642. The molecule has 1 atom stereocenters. The van der Waals surface area contributed by atoms with Gasteiger partial charge in [-0.3, -0.25) is 0 Å². The van der Waals surface area contributed by atoms with Gasteiger partial charge >= 0.3 is 0 Å². The molecule has 0 unspecified atom stereocenters. The molecule has 0 radical (unpaired) electrons. The summed E-state index contributed by atoms with van der Waals surface area (Å²) >= 11 is 6.38. The Morgan fingerprint density at radius 2 is 1.79 bits per heavy atom. The monoisotopic (exact) mass is 414 g/mol. The van der Waals surface area contributed by atoms with Gasteiger partial charge in [0.15, 0.2) is 0 Å². The number of aliphatic hydroxyl groups excluding tert-OH is 1. The van der Waals surface area contributed by atoms with Crippen molar-refractivity contribution in [1.82, 2.24) is 4.72 Å². The van der Waals surface area contributed by atoms with Crippen molar-refractivity contribution in [3.8, 4) is 0 Å². The van der Waals surface area contributed by atoms with Crippen LogP contribution in [-0.4, -0.2) is 26.2 Å². The molecule has 4 N–H and O–H groups in total. The highest BCUT2D eigenvalue weighted by Crippen LogP contribution is 2.32. The lowest BCUT2D eigenvalue weighted by Gasteiger charge is -2.21. The number of benzene rings is 1. The molecule has 0 saturated carbocycles. The van der Waals surface area contributed by atoms with E-state index in [4.69, 9.17) is 5.73 Å². The van der Waals surface area contributed by atoms with Gasteiger partial charge in [0.2, 0.25) is 10.0 Å². The molecule has 108 valence electrons. The van der Waals surface area contributed by atoms with E-state index in [9.17, 15) is 13.5 Å². The molecule has 8 heteroatoms. The lowest BCUT2D eigenvalue weighted by Crippen LogP contribution is -2.41. The van der Waals surface area contributed by atoms with Gasteiger partial charge in [0.25, 0.3) is 0 Å². The van der Waals surface area contributed by atoms with Crippen molar-refractivity contribution in [3.63, 3.8) is 0 Å². The second-order valence-corrected chi connectivity index (χ2v) is 7.83. The molecule has 0 saturated heterocycles. The molecule has 0 heterocycles. The third-order valence-corrected chi connectivity index (χ3v) is 5.96. The first-order chi connectivity index (χ1) is 8.69. The van der Waals surface area contributed by atoms with Crippen LogP contribution < -0.4 is 10.5 Å². The van der Waals surface area contributed by atoms with E-state index in [1.165, 1.54) is 12.1 Å². The highest BCUT2D eigenvalue weighted by Gasteiger charge is 2.26. The molecule has 5 nitrogen and oxygen atoms in total. The summed E-state index contributed by atoms with van der Waals surface area (Å²) < 4.78 is 27.9. The first kappa shape index (κ1) is 16.9. The number of aliphatic hydroxyl groups is 1. The number of halogens is 2. The maximum Gasteiger partial charge on any atom is 0.243 e. The molecular formula is C11H16Br2N2O3S. The predicted molar refractivity (Wildman–Crippen MR) is 82.3 cm³/mol. The minimum atomic E-state index is -3.75. The van der Waals surface area contributed by atoms with E-state index in [-0.39, 0.29) is 17.4 Å². The van der Waals surface area contributed by atoms with E-state index in [1.54, 1.807) is 0 Å². The Kier molecular flexibility index (Phi) is 5.81. The van der Waals surface area contributed by atoms with Gasteiger partial charge in [-0.15, -0.1) is 0 Å². The summed E-state index contributed by atoms with van der Waals surface area (Å²) in [4.78, 5) is 0.0702. The molecule has 0 aromatic heterocycles. The van der Waals surface area contributed by atoms with Gasteiger partial charge in [-0.1, -0.05) is 13.8 Å². The van der Waals surface area contributed by atoms with Gasteiger partial charge < -0.3 is 10.8 Å². The van der Waals surface area contributed by atoms with Gasteiger partial charge in [-0.25, -0.2) is 13.1 Å². The number of rotatable bonds is 5. The summed E-state index contributed by atoms with van der Waals surface area (Å²) in [5.74, 6) is -0.0221. The Hall–Kier alpha value is -0.150. The van der Waals surface area contributed by atoms with E-state index >= 15 is 0 Å². The zero-order valence-corrected chi connectivity index (χ0v) is 14.5. The molecule has 19 heavy (non-hydrogen) atoms. The highest BCUT2D eigenvalue weighted by molar-refractivity contribution is 9.11. The Morgan fingerprint density at radius 1 is 1.32 bits per heavy atom. The van der Waals surface area contributed by atoms with Gasteiger partial charge in [0, 0.05) is 20.7 Å². The molecule has 0 amide bonds. The minimum Gasteiger partial charge on any atom is -0.399 e. The fourth-order valence-electron chi connectivity index (χ4n) is 1.48. The summed E-state index contributed by atoms with van der Waals surface area (Å²) in [5.41, 5.74) is 6.08. The van der Waals surface area contributed by atoms with Crippen molar-refractivity contribution in [2.45, 2.75) is 24.8 Å². The molecule has 0 aliphatic rings. The van der Waals surface area contributed by atoms with Crippen LogP contribution in [0.15, 0.2) is 26.0 Å². The fourth-order valence-corrected chi connectivity index (χ4v) is 5.47. The lowest BCUT2D eigenvalue weighted by molar-refractivity contribution is 0.227. The average molecular weight is 416 g/mol. The molecule has 0 aliphatic heterocycles. The van der Waals surface area contributed by atoms with E-state index in [0.717, 1.165) is 0 Å².